The molecular formula is C9H17NS. The summed E-state index contributed by atoms with van der Waals surface area (Å²) in [5, 5.41) is 2.44. The minimum atomic E-state index is 0.0108. The second-order valence-corrected chi connectivity index (χ2v) is 3.66. The Morgan fingerprint density at radius 1 is 1.36 bits per heavy atom. The molecule has 0 rings (SSSR count). The maximum Gasteiger partial charge on any atom is 0.0655 e. The molecule has 2 heteroatoms. The Kier molecular flexibility index (Phi) is 5.35. The lowest BCUT2D eigenvalue weighted by molar-refractivity contribution is 0.454. The fraction of sp³-hybridized carbons (Fsp3) is 0.889. The number of thiocarbonyl (C=S) groups is 1. The fourth-order valence-electron chi connectivity index (χ4n) is 0.987. The lowest BCUT2D eigenvalue weighted by atomic mass is 9.98. The van der Waals surface area contributed by atoms with Gasteiger partial charge in [-0.1, -0.05) is 26.2 Å². The molecule has 0 radical (unpaired) electrons. The summed E-state index contributed by atoms with van der Waals surface area (Å²) in [5.41, 5.74) is 0.0108. The van der Waals surface area contributed by atoms with Crippen LogP contribution in [0.2, 0.25) is 0 Å². The fourth-order valence-corrected chi connectivity index (χ4v) is 1.23. The Hall–Kier alpha value is -0.200. The third-order valence-electron chi connectivity index (χ3n) is 1.74. The summed E-state index contributed by atoms with van der Waals surface area (Å²) >= 11 is 4.56. The van der Waals surface area contributed by atoms with E-state index < -0.39 is 0 Å². The standard InChI is InChI=1S/C9H17NS/c1-4-5-6-7-9(2,3)10-8-11/h4-7H2,1-3H3. The zero-order valence-corrected chi connectivity index (χ0v) is 8.50. The van der Waals surface area contributed by atoms with Gasteiger partial charge < -0.3 is 0 Å². The van der Waals surface area contributed by atoms with E-state index in [-0.39, 0.29) is 5.54 Å². The molecule has 0 bridgehead atoms. The van der Waals surface area contributed by atoms with Gasteiger partial charge >= 0.3 is 0 Å². The Balaban J connectivity index is 3.63. The number of unbranched alkanes of at least 4 members (excludes halogenated alkanes) is 2. The molecule has 0 aromatic carbocycles. The maximum absolute atomic E-state index is 4.56. The zero-order valence-electron chi connectivity index (χ0n) is 7.68. The van der Waals surface area contributed by atoms with Gasteiger partial charge in [-0.3, -0.25) is 0 Å². The van der Waals surface area contributed by atoms with Crippen LogP contribution >= 0.6 is 12.2 Å². The molecule has 0 spiro atoms. The molecule has 0 aromatic rings. The summed E-state index contributed by atoms with van der Waals surface area (Å²) in [5.74, 6) is 0. The van der Waals surface area contributed by atoms with Gasteiger partial charge in [-0.15, -0.1) is 0 Å². The summed E-state index contributed by atoms with van der Waals surface area (Å²) in [6, 6.07) is 0. The Bertz CT molecular complexity index is 146. The topological polar surface area (TPSA) is 12.4 Å². The van der Waals surface area contributed by atoms with E-state index >= 15 is 0 Å². The van der Waals surface area contributed by atoms with Crippen molar-refractivity contribution in [2.75, 3.05) is 0 Å². The van der Waals surface area contributed by atoms with Crippen LogP contribution < -0.4 is 0 Å². The average Bonchev–Trinajstić information content (AvgIpc) is 1.87. The van der Waals surface area contributed by atoms with Crippen molar-refractivity contribution in [2.45, 2.75) is 52.0 Å². The van der Waals surface area contributed by atoms with Gasteiger partial charge in [-0.25, -0.2) is 4.99 Å². The third-order valence-corrected chi connectivity index (χ3v) is 1.83. The van der Waals surface area contributed by atoms with Crippen molar-refractivity contribution in [1.82, 2.24) is 0 Å². The molecule has 0 aliphatic carbocycles. The molecule has 0 amide bonds. The summed E-state index contributed by atoms with van der Waals surface area (Å²) in [6.45, 7) is 6.40. The number of rotatable bonds is 5. The van der Waals surface area contributed by atoms with Gasteiger partial charge in [-0.05, 0) is 32.5 Å². The van der Waals surface area contributed by atoms with Crippen LogP contribution in [-0.2, 0) is 0 Å². The van der Waals surface area contributed by atoms with Crippen molar-refractivity contribution in [1.29, 1.82) is 0 Å². The Morgan fingerprint density at radius 3 is 2.45 bits per heavy atom. The molecule has 0 heterocycles. The molecular weight excluding hydrogens is 154 g/mol. The summed E-state index contributed by atoms with van der Waals surface area (Å²) in [7, 11) is 0. The van der Waals surface area contributed by atoms with Crippen molar-refractivity contribution in [2.24, 2.45) is 4.99 Å². The van der Waals surface area contributed by atoms with Gasteiger partial charge in [0.1, 0.15) is 0 Å². The van der Waals surface area contributed by atoms with E-state index in [1.807, 2.05) is 0 Å². The predicted molar refractivity (Wildman–Crippen MR) is 53.2 cm³/mol. The minimum Gasteiger partial charge on any atom is -0.226 e. The van der Waals surface area contributed by atoms with Crippen molar-refractivity contribution >= 4 is 17.4 Å². The van der Waals surface area contributed by atoms with Crippen LogP contribution in [-0.4, -0.2) is 10.7 Å². The van der Waals surface area contributed by atoms with Gasteiger partial charge in [0, 0.05) is 0 Å². The summed E-state index contributed by atoms with van der Waals surface area (Å²) in [4.78, 5) is 4.09. The van der Waals surface area contributed by atoms with Crippen LogP contribution in [0, 0.1) is 0 Å². The van der Waals surface area contributed by atoms with Crippen LogP contribution in [0.25, 0.3) is 0 Å². The van der Waals surface area contributed by atoms with E-state index in [9.17, 15) is 0 Å². The number of hydrogen-bond acceptors (Lipinski definition) is 2. The van der Waals surface area contributed by atoms with Crippen molar-refractivity contribution in [3.05, 3.63) is 0 Å². The third kappa shape index (κ3) is 6.21. The van der Waals surface area contributed by atoms with E-state index in [0.717, 1.165) is 6.42 Å². The quantitative estimate of drug-likeness (QED) is 0.350. The Labute approximate surface area is 74.9 Å². The number of nitrogens with zero attached hydrogens (tertiary/aromatic N) is 1. The number of hydrogen-bond donors (Lipinski definition) is 0. The van der Waals surface area contributed by atoms with Crippen LogP contribution in [0.15, 0.2) is 4.99 Å². The van der Waals surface area contributed by atoms with E-state index in [1.54, 1.807) is 0 Å². The minimum absolute atomic E-state index is 0.0108. The van der Waals surface area contributed by atoms with E-state index in [4.69, 9.17) is 0 Å². The first-order chi connectivity index (χ1) is 5.12. The number of isothiocyanates is 1. The van der Waals surface area contributed by atoms with Crippen LogP contribution in [0.3, 0.4) is 0 Å². The van der Waals surface area contributed by atoms with E-state index in [1.165, 1.54) is 19.3 Å². The Morgan fingerprint density at radius 2 is 2.00 bits per heavy atom. The van der Waals surface area contributed by atoms with Crippen molar-refractivity contribution in [3.63, 3.8) is 0 Å². The van der Waals surface area contributed by atoms with Gasteiger partial charge in [0.2, 0.25) is 0 Å². The summed E-state index contributed by atoms with van der Waals surface area (Å²) < 4.78 is 0. The van der Waals surface area contributed by atoms with Crippen LogP contribution in [0.1, 0.15) is 46.5 Å². The summed E-state index contributed by atoms with van der Waals surface area (Å²) in [6.07, 6.45) is 4.91. The smallest absolute Gasteiger partial charge is 0.0655 e. The molecule has 64 valence electrons. The monoisotopic (exact) mass is 171 g/mol. The average molecular weight is 171 g/mol. The zero-order chi connectivity index (χ0) is 8.74. The van der Waals surface area contributed by atoms with Crippen LogP contribution in [0.4, 0.5) is 0 Å². The molecule has 0 fully saturated rings. The lowest BCUT2D eigenvalue weighted by Gasteiger charge is -2.16. The largest absolute Gasteiger partial charge is 0.226 e. The lowest BCUT2D eigenvalue weighted by Crippen LogP contribution is -2.15. The van der Waals surface area contributed by atoms with E-state index in [2.05, 4.69) is 43.1 Å². The molecule has 0 saturated heterocycles. The highest BCUT2D eigenvalue weighted by Gasteiger charge is 2.13. The molecule has 0 aliphatic heterocycles. The van der Waals surface area contributed by atoms with Gasteiger partial charge in [0.25, 0.3) is 0 Å². The second kappa shape index (κ2) is 5.45. The van der Waals surface area contributed by atoms with Crippen LogP contribution in [0.5, 0.6) is 0 Å². The molecule has 0 N–H and O–H groups in total. The van der Waals surface area contributed by atoms with Crippen molar-refractivity contribution in [3.8, 4) is 0 Å². The van der Waals surface area contributed by atoms with Crippen molar-refractivity contribution < 1.29 is 0 Å². The molecule has 0 unspecified atom stereocenters. The normalized spacial score (nSPS) is 10.8. The molecule has 11 heavy (non-hydrogen) atoms. The first kappa shape index (κ1) is 10.8. The predicted octanol–water partition coefficient (Wildman–Crippen LogP) is 3.45. The highest BCUT2D eigenvalue weighted by atomic mass is 32.1. The maximum atomic E-state index is 4.56. The molecule has 0 aliphatic rings. The number of aliphatic imine (C=N–C) groups is 1. The highest BCUT2D eigenvalue weighted by Crippen LogP contribution is 2.17. The van der Waals surface area contributed by atoms with Gasteiger partial charge in [-0.2, -0.15) is 0 Å². The molecule has 0 saturated carbocycles. The first-order valence-electron chi connectivity index (χ1n) is 4.21. The van der Waals surface area contributed by atoms with Gasteiger partial charge in [0.15, 0.2) is 0 Å². The SMILES string of the molecule is CCCCCC(C)(C)N=C=S. The molecule has 0 atom stereocenters. The molecule has 1 nitrogen and oxygen atoms in total. The first-order valence-corrected chi connectivity index (χ1v) is 4.62. The van der Waals surface area contributed by atoms with Gasteiger partial charge in [0.05, 0.1) is 10.7 Å². The van der Waals surface area contributed by atoms with E-state index in [0.29, 0.717) is 0 Å². The highest BCUT2D eigenvalue weighted by molar-refractivity contribution is 7.78. The molecule has 0 aromatic heterocycles. The second-order valence-electron chi connectivity index (χ2n) is 3.47.